The molecule has 0 fully saturated rings. The summed E-state index contributed by atoms with van der Waals surface area (Å²) in [6, 6.07) is -0.413. The van der Waals surface area contributed by atoms with E-state index in [2.05, 4.69) is 5.16 Å². The molecule has 5 nitrogen and oxygen atoms in total. The topological polar surface area (TPSA) is 95.1 Å². The Kier molecular flexibility index (Phi) is 2.67. The number of nitrogens with two attached hydrogens (primary N) is 2. The van der Waals surface area contributed by atoms with Crippen LogP contribution in [0.1, 0.15) is 29.5 Å². The molecule has 1 amide bonds. The fourth-order valence-electron chi connectivity index (χ4n) is 1.34. The minimum Gasteiger partial charge on any atom is -0.370 e. The molecule has 1 rings (SSSR count). The number of carbonyl (C=O) groups excluding carboxylic acids is 1. The normalized spacial score (nSPS) is 12.8. The van der Waals surface area contributed by atoms with Crippen LogP contribution in [0.15, 0.2) is 4.52 Å². The zero-order valence-electron chi connectivity index (χ0n) is 7.70. The maximum atomic E-state index is 10.6. The molecule has 1 unspecified atom stereocenters. The quantitative estimate of drug-likeness (QED) is 0.698. The number of amides is 1. The highest BCUT2D eigenvalue weighted by Gasteiger charge is 2.18. The fraction of sp³-hybridized carbons (Fsp3) is 0.500. The molecule has 0 radical (unpaired) electrons. The first-order valence-electron chi connectivity index (χ1n) is 3.99. The minimum atomic E-state index is -0.424. The van der Waals surface area contributed by atoms with E-state index in [0.29, 0.717) is 11.5 Å². The maximum Gasteiger partial charge on any atom is 0.219 e. The molecule has 0 aliphatic heterocycles. The van der Waals surface area contributed by atoms with E-state index in [1.54, 1.807) is 13.8 Å². The van der Waals surface area contributed by atoms with Gasteiger partial charge in [-0.05, 0) is 13.8 Å². The van der Waals surface area contributed by atoms with Crippen molar-refractivity contribution in [1.82, 2.24) is 5.16 Å². The monoisotopic (exact) mass is 183 g/mol. The molecule has 1 aromatic heterocycles. The van der Waals surface area contributed by atoms with Crippen molar-refractivity contribution in [2.75, 3.05) is 0 Å². The van der Waals surface area contributed by atoms with Gasteiger partial charge in [-0.25, -0.2) is 0 Å². The zero-order valence-corrected chi connectivity index (χ0v) is 7.70. The van der Waals surface area contributed by atoms with Crippen molar-refractivity contribution in [2.24, 2.45) is 11.5 Å². The van der Waals surface area contributed by atoms with Gasteiger partial charge >= 0.3 is 0 Å². The Morgan fingerprint density at radius 1 is 1.62 bits per heavy atom. The zero-order chi connectivity index (χ0) is 10.0. The van der Waals surface area contributed by atoms with E-state index in [1.165, 1.54) is 0 Å². The maximum absolute atomic E-state index is 10.6. The molecule has 1 atom stereocenters. The van der Waals surface area contributed by atoms with Crippen LogP contribution >= 0.6 is 0 Å². The number of hydrogen-bond donors (Lipinski definition) is 2. The summed E-state index contributed by atoms with van der Waals surface area (Å²) >= 11 is 0. The number of carbonyl (C=O) groups is 1. The van der Waals surface area contributed by atoms with Crippen LogP contribution in [-0.2, 0) is 4.79 Å². The Balaban J connectivity index is 2.87. The molecule has 5 heteroatoms. The molecule has 0 spiro atoms. The lowest BCUT2D eigenvalue weighted by molar-refractivity contribution is -0.118. The number of aromatic nitrogens is 1. The molecule has 0 saturated heterocycles. The standard InChI is InChI=1S/C8H13N3O2/c1-4-8(5(2)13-11-4)6(9)3-7(10)12/h6H,3,9H2,1-2H3,(H2,10,12). The molecule has 0 aromatic carbocycles. The Hall–Kier alpha value is -1.36. The van der Waals surface area contributed by atoms with E-state index >= 15 is 0 Å². The molecule has 0 aliphatic rings. The molecule has 72 valence electrons. The third-order valence-electron chi connectivity index (χ3n) is 1.88. The fourth-order valence-corrected chi connectivity index (χ4v) is 1.34. The number of hydrogen-bond acceptors (Lipinski definition) is 4. The second-order valence-electron chi connectivity index (χ2n) is 3.01. The van der Waals surface area contributed by atoms with Crippen LogP contribution in [-0.4, -0.2) is 11.1 Å². The highest BCUT2D eigenvalue weighted by atomic mass is 16.5. The van der Waals surface area contributed by atoms with Crippen LogP contribution in [0.3, 0.4) is 0 Å². The molecular weight excluding hydrogens is 170 g/mol. The van der Waals surface area contributed by atoms with E-state index < -0.39 is 11.9 Å². The molecule has 1 heterocycles. The third-order valence-corrected chi connectivity index (χ3v) is 1.88. The van der Waals surface area contributed by atoms with E-state index in [1.807, 2.05) is 0 Å². The van der Waals surface area contributed by atoms with Crippen molar-refractivity contribution in [3.63, 3.8) is 0 Å². The van der Waals surface area contributed by atoms with E-state index in [9.17, 15) is 4.79 Å². The van der Waals surface area contributed by atoms with Gasteiger partial charge in [0.2, 0.25) is 5.91 Å². The van der Waals surface area contributed by atoms with Crippen LogP contribution < -0.4 is 11.5 Å². The smallest absolute Gasteiger partial charge is 0.219 e. The van der Waals surface area contributed by atoms with Gasteiger partial charge in [-0.1, -0.05) is 5.16 Å². The second kappa shape index (κ2) is 3.57. The Labute approximate surface area is 76.1 Å². The van der Waals surface area contributed by atoms with Gasteiger partial charge < -0.3 is 16.0 Å². The third kappa shape index (κ3) is 2.06. The van der Waals surface area contributed by atoms with Crippen molar-refractivity contribution in [3.05, 3.63) is 17.0 Å². The van der Waals surface area contributed by atoms with Crippen LogP contribution in [0.2, 0.25) is 0 Å². The molecule has 13 heavy (non-hydrogen) atoms. The van der Waals surface area contributed by atoms with Gasteiger partial charge in [0, 0.05) is 18.0 Å². The van der Waals surface area contributed by atoms with Crippen LogP contribution in [0.25, 0.3) is 0 Å². The van der Waals surface area contributed by atoms with Crippen molar-refractivity contribution < 1.29 is 9.32 Å². The summed E-state index contributed by atoms with van der Waals surface area (Å²) in [6.07, 6.45) is 0.114. The summed E-state index contributed by atoms with van der Waals surface area (Å²) < 4.78 is 4.92. The molecule has 0 bridgehead atoms. The molecular formula is C8H13N3O2. The number of nitrogens with zero attached hydrogens (tertiary/aromatic N) is 1. The van der Waals surface area contributed by atoms with Gasteiger partial charge in [0.1, 0.15) is 5.76 Å². The first kappa shape index (κ1) is 9.73. The van der Waals surface area contributed by atoms with Crippen molar-refractivity contribution in [2.45, 2.75) is 26.3 Å². The molecule has 0 aliphatic carbocycles. The predicted molar refractivity (Wildman–Crippen MR) is 46.7 cm³/mol. The Bertz CT molecular complexity index is 300. The van der Waals surface area contributed by atoms with Crippen LogP contribution in [0.4, 0.5) is 0 Å². The highest BCUT2D eigenvalue weighted by molar-refractivity contribution is 5.74. The largest absolute Gasteiger partial charge is 0.370 e. The average Bonchev–Trinajstić information content (AvgIpc) is 2.29. The summed E-state index contributed by atoms with van der Waals surface area (Å²) in [5.41, 5.74) is 12.3. The average molecular weight is 183 g/mol. The first-order chi connectivity index (χ1) is 6.02. The van der Waals surface area contributed by atoms with Gasteiger partial charge in [0.05, 0.1) is 5.69 Å². The van der Waals surface area contributed by atoms with Crippen molar-refractivity contribution >= 4 is 5.91 Å². The summed E-state index contributed by atoms with van der Waals surface area (Å²) in [5.74, 6) is 0.221. The summed E-state index contributed by atoms with van der Waals surface area (Å²) in [7, 11) is 0. The Morgan fingerprint density at radius 3 is 2.62 bits per heavy atom. The van der Waals surface area contributed by atoms with Gasteiger partial charge in [0.25, 0.3) is 0 Å². The summed E-state index contributed by atoms with van der Waals surface area (Å²) in [6.45, 7) is 3.54. The predicted octanol–water partition coefficient (Wildman–Crippen LogP) is 0.167. The van der Waals surface area contributed by atoms with E-state index in [0.717, 1.165) is 5.56 Å². The van der Waals surface area contributed by atoms with E-state index in [-0.39, 0.29) is 6.42 Å². The van der Waals surface area contributed by atoms with Crippen molar-refractivity contribution in [3.8, 4) is 0 Å². The molecule has 1 aromatic rings. The Morgan fingerprint density at radius 2 is 2.23 bits per heavy atom. The van der Waals surface area contributed by atoms with Gasteiger partial charge in [-0.15, -0.1) is 0 Å². The van der Waals surface area contributed by atoms with Gasteiger partial charge in [0.15, 0.2) is 0 Å². The molecule has 0 saturated carbocycles. The lowest BCUT2D eigenvalue weighted by atomic mass is 10.0. The highest BCUT2D eigenvalue weighted by Crippen LogP contribution is 2.21. The SMILES string of the molecule is Cc1noc(C)c1C(N)CC(N)=O. The second-order valence-corrected chi connectivity index (χ2v) is 3.01. The lowest BCUT2D eigenvalue weighted by Gasteiger charge is -2.07. The van der Waals surface area contributed by atoms with E-state index in [4.69, 9.17) is 16.0 Å². The minimum absolute atomic E-state index is 0.114. The number of rotatable bonds is 3. The summed E-state index contributed by atoms with van der Waals surface area (Å²) in [4.78, 5) is 10.6. The number of primary amides is 1. The van der Waals surface area contributed by atoms with Gasteiger partial charge in [-0.3, -0.25) is 4.79 Å². The number of aryl methyl sites for hydroxylation is 2. The lowest BCUT2D eigenvalue weighted by Crippen LogP contribution is -2.21. The summed E-state index contributed by atoms with van der Waals surface area (Å²) in [5, 5.41) is 3.74. The molecule has 4 N–H and O–H groups in total. The first-order valence-corrected chi connectivity index (χ1v) is 3.99. The van der Waals surface area contributed by atoms with Crippen LogP contribution in [0, 0.1) is 13.8 Å². The van der Waals surface area contributed by atoms with Gasteiger partial charge in [-0.2, -0.15) is 0 Å². The van der Waals surface area contributed by atoms with Crippen molar-refractivity contribution in [1.29, 1.82) is 0 Å². The van der Waals surface area contributed by atoms with Crippen LogP contribution in [0.5, 0.6) is 0 Å².